The molecule has 128 valence electrons. The highest BCUT2D eigenvalue weighted by Gasteiger charge is 2.33. The van der Waals surface area contributed by atoms with E-state index in [9.17, 15) is 13.2 Å². The van der Waals surface area contributed by atoms with Crippen LogP contribution >= 0.6 is 11.8 Å². The van der Waals surface area contributed by atoms with Gasteiger partial charge in [-0.15, -0.1) is 11.8 Å². The van der Waals surface area contributed by atoms with Crippen molar-refractivity contribution in [1.82, 2.24) is 4.90 Å². The van der Waals surface area contributed by atoms with Crippen LogP contribution in [0.3, 0.4) is 0 Å². The lowest BCUT2D eigenvalue weighted by atomic mass is 10.1. The second kappa shape index (κ2) is 7.71. The van der Waals surface area contributed by atoms with Gasteiger partial charge in [0.1, 0.15) is 0 Å². The molecule has 0 spiro atoms. The minimum Gasteiger partial charge on any atom is -0.338 e. The number of nitrogens with zero attached hydrogens (tertiary/aromatic N) is 1. The SMILES string of the molecule is CCN(C(=O)CSCc1cc(C)ccc1C)C1CCS(=O)(=O)C1. The van der Waals surface area contributed by atoms with Crippen LogP contribution in [0.4, 0.5) is 0 Å². The van der Waals surface area contributed by atoms with Gasteiger partial charge in [0, 0.05) is 18.3 Å². The molecular formula is C17H25NO3S2. The summed E-state index contributed by atoms with van der Waals surface area (Å²) in [6.07, 6.45) is 0.573. The molecule has 1 saturated heterocycles. The lowest BCUT2D eigenvalue weighted by Gasteiger charge is -2.26. The van der Waals surface area contributed by atoms with Gasteiger partial charge >= 0.3 is 0 Å². The summed E-state index contributed by atoms with van der Waals surface area (Å²) in [6, 6.07) is 6.22. The standard InChI is InChI=1S/C17H25NO3S2/c1-4-18(16-7-8-23(20,21)12-16)17(19)11-22-10-15-9-13(2)5-6-14(15)3/h5-6,9,16H,4,7-8,10-12H2,1-3H3. The second-order valence-electron chi connectivity index (χ2n) is 6.16. The fraction of sp³-hybridized carbons (Fsp3) is 0.588. The van der Waals surface area contributed by atoms with E-state index in [-0.39, 0.29) is 23.5 Å². The van der Waals surface area contributed by atoms with Gasteiger partial charge in [-0.3, -0.25) is 4.79 Å². The summed E-state index contributed by atoms with van der Waals surface area (Å²) in [7, 11) is -2.96. The van der Waals surface area contributed by atoms with Gasteiger partial charge in [-0.2, -0.15) is 0 Å². The van der Waals surface area contributed by atoms with E-state index in [1.807, 2.05) is 6.92 Å². The summed E-state index contributed by atoms with van der Waals surface area (Å²) in [4.78, 5) is 14.2. The Morgan fingerprint density at radius 3 is 2.70 bits per heavy atom. The van der Waals surface area contributed by atoms with Crippen molar-refractivity contribution < 1.29 is 13.2 Å². The van der Waals surface area contributed by atoms with Gasteiger partial charge in [0.25, 0.3) is 0 Å². The van der Waals surface area contributed by atoms with E-state index in [0.717, 1.165) is 5.75 Å². The number of aryl methyl sites for hydroxylation is 2. The largest absolute Gasteiger partial charge is 0.338 e. The van der Waals surface area contributed by atoms with Crippen molar-refractivity contribution >= 4 is 27.5 Å². The molecule has 0 radical (unpaired) electrons. The molecule has 4 nitrogen and oxygen atoms in total. The van der Waals surface area contributed by atoms with Crippen molar-refractivity contribution in [3.63, 3.8) is 0 Å². The zero-order valence-corrected chi connectivity index (χ0v) is 15.7. The Balaban J connectivity index is 1.89. The smallest absolute Gasteiger partial charge is 0.232 e. The number of sulfone groups is 1. The molecule has 6 heteroatoms. The number of amides is 1. The second-order valence-corrected chi connectivity index (χ2v) is 9.37. The number of hydrogen-bond acceptors (Lipinski definition) is 4. The predicted octanol–water partition coefficient (Wildman–Crippen LogP) is 2.57. The normalized spacial score (nSPS) is 19.7. The van der Waals surface area contributed by atoms with Crippen LogP contribution in [0.1, 0.15) is 30.0 Å². The molecule has 1 fully saturated rings. The Kier molecular flexibility index (Phi) is 6.14. The monoisotopic (exact) mass is 355 g/mol. The average Bonchev–Trinajstić information content (AvgIpc) is 2.83. The summed E-state index contributed by atoms with van der Waals surface area (Å²) >= 11 is 1.60. The van der Waals surface area contributed by atoms with Gasteiger partial charge in [0.2, 0.25) is 5.91 Å². The van der Waals surface area contributed by atoms with Crippen molar-refractivity contribution in [2.45, 2.75) is 39.0 Å². The predicted molar refractivity (Wildman–Crippen MR) is 96.5 cm³/mol. The maximum Gasteiger partial charge on any atom is 0.232 e. The molecule has 1 unspecified atom stereocenters. The highest BCUT2D eigenvalue weighted by atomic mass is 32.2. The van der Waals surface area contributed by atoms with Crippen molar-refractivity contribution in [1.29, 1.82) is 0 Å². The number of benzene rings is 1. The van der Waals surface area contributed by atoms with Crippen molar-refractivity contribution in [3.05, 3.63) is 34.9 Å². The first kappa shape index (κ1) is 18.3. The van der Waals surface area contributed by atoms with Gasteiger partial charge in [0.15, 0.2) is 9.84 Å². The number of carbonyl (C=O) groups excluding carboxylic acids is 1. The molecule has 2 rings (SSSR count). The van der Waals surface area contributed by atoms with Gasteiger partial charge in [-0.25, -0.2) is 8.42 Å². The summed E-state index contributed by atoms with van der Waals surface area (Å²) in [5, 5.41) is 0. The molecule has 23 heavy (non-hydrogen) atoms. The van der Waals surface area contributed by atoms with E-state index in [0.29, 0.717) is 18.7 Å². The first-order chi connectivity index (χ1) is 10.8. The van der Waals surface area contributed by atoms with Crippen molar-refractivity contribution in [2.24, 2.45) is 0 Å². The Labute approximate surface area is 143 Å². The molecule has 1 heterocycles. The van der Waals surface area contributed by atoms with E-state index in [1.54, 1.807) is 16.7 Å². The van der Waals surface area contributed by atoms with E-state index in [2.05, 4.69) is 32.0 Å². The third-order valence-corrected chi connectivity index (χ3v) is 7.01. The molecule has 1 aliphatic rings. The fourth-order valence-electron chi connectivity index (χ4n) is 2.95. The topological polar surface area (TPSA) is 54.5 Å². The lowest BCUT2D eigenvalue weighted by Crippen LogP contribution is -2.41. The zero-order chi connectivity index (χ0) is 17.0. The molecule has 1 aliphatic heterocycles. The quantitative estimate of drug-likeness (QED) is 0.787. The minimum absolute atomic E-state index is 0.0462. The van der Waals surface area contributed by atoms with Gasteiger partial charge in [0.05, 0.1) is 17.3 Å². The molecule has 1 amide bonds. The Morgan fingerprint density at radius 2 is 2.09 bits per heavy atom. The van der Waals surface area contributed by atoms with Crippen LogP contribution in [0.5, 0.6) is 0 Å². The first-order valence-corrected chi connectivity index (χ1v) is 10.9. The number of hydrogen-bond donors (Lipinski definition) is 0. The van der Waals surface area contributed by atoms with E-state index < -0.39 is 9.84 Å². The highest BCUT2D eigenvalue weighted by Crippen LogP contribution is 2.21. The van der Waals surface area contributed by atoms with Crippen LogP contribution in [0.2, 0.25) is 0 Å². The maximum atomic E-state index is 12.4. The number of rotatable bonds is 6. The minimum atomic E-state index is -2.96. The highest BCUT2D eigenvalue weighted by molar-refractivity contribution is 7.99. The number of carbonyl (C=O) groups is 1. The van der Waals surface area contributed by atoms with E-state index in [4.69, 9.17) is 0 Å². The molecule has 1 aromatic rings. The zero-order valence-electron chi connectivity index (χ0n) is 14.0. The Morgan fingerprint density at radius 1 is 1.35 bits per heavy atom. The summed E-state index contributed by atoms with van der Waals surface area (Å²) in [6.45, 7) is 6.64. The van der Waals surface area contributed by atoms with Gasteiger partial charge in [-0.1, -0.05) is 23.8 Å². The summed E-state index contributed by atoms with van der Waals surface area (Å²) < 4.78 is 23.2. The molecule has 0 aromatic heterocycles. The first-order valence-electron chi connectivity index (χ1n) is 7.96. The van der Waals surface area contributed by atoms with Crippen LogP contribution in [0.25, 0.3) is 0 Å². The number of thioether (sulfide) groups is 1. The summed E-state index contributed by atoms with van der Waals surface area (Å²) in [5.74, 6) is 1.58. The van der Waals surface area contributed by atoms with Gasteiger partial charge in [-0.05, 0) is 38.3 Å². The Bertz CT molecular complexity index is 670. The van der Waals surface area contributed by atoms with Crippen LogP contribution < -0.4 is 0 Å². The molecular weight excluding hydrogens is 330 g/mol. The molecule has 0 aliphatic carbocycles. The lowest BCUT2D eigenvalue weighted by molar-refractivity contribution is -0.129. The molecule has 1 atom stereocenters. The third kappa shape index (κ3) is 4.98. The van der Waals surface area contributed by atoms with Gasteiger partial charge < -0.3 is 4.90 Å². The van der Waals surface area contributed by atoms with E-state index in [1.165, 1.54) is 16.7 Å². The maximum absolute atomic E-state index is 12.4. The molecule has 1 aromatic carbocycles. The van der Waals surface area contributed by atoms with E-state index >= 15 is 0 Å². The molecule has 0 N–H and O–H groups in total. The average molecular weight is 356 g/mol. The van der Waals surface area contributed by atoms with Crippen LogP contribution in [0.15, 0.2) is 18.2 Å². The third-order valence-electron chi connectivity index (χ3n) is 4.30. The van der Waals surface area contributed by atoms with Crippen LogP contribution in [-0.4, -0.2) is 49.1 Å². The van der Waals surface area contributed by atoms with Crippen molar-refractivity contribution in [3.8, 4) is 0 Å². The fourth-order valence-corrected chi connectivity index (χ4v) is 5.65. The summed E-state index contributed by atoms with van der Waals surface area (Å²) in [5.41, 5.74) is 3.72. The molecule has 0 bridgehead atoms. The Hall–Kier alpha value is -1.01. The van der Waals surface area contributed by atoms with Crippen LogP contribution in [0, 0.1) is 13.8 Å². The molecule has 0 saturated carbocycles. The van der Waals surface area contributed by atoms with Crippen molar-refractivity contribution in [2.75, 3.05) is 23.8 Å². The van der Waals surface area contributed by atoms with Crippen LogP contribution in [-0.2, 0) is 20.4 Å².